The summed E-state index contributed by atoms with van der Waals surface area (Å²) in [5, 5.41) is 0. The smallest absolute Gasteiger partial charge is 0.406 e. The van der Waals surface area contributed by atoms with Gasteiger partial charge in [0, 0.05) is 21.1 Å². The standard InChI is InChI=1S/C20H20F3IN2O3S/c1-11-9-13(29-20(21,22)23)7-8-16(11)26(12(2)10-30-3)19(28)17-14(18(25)27)5-4-6-15(17)24/h4-9,12H,10H2,1-3H3,(H2,25,27)/t12-/m0/s1. The highest BCUT2D eigenvalue weighted by Gasteiger charge is 2.32. The largest absolute Gasteiger partial charge is 0.573 e. The van der Waals surface area contributed by atoms with Crippen LogP contribution < -0.4 is 15.4 Å². The van der Waals surface area contributed by atoms with E-state index >= 15 is 0 Å². The lowest BCUT2D eigenvalue weighted by molar-refractivity contribution is -0.274. The molecular formula is C20H20F3IN2O3S. The van der Waals surface area contributed by atoms with Gasteiger partial charge in [0.15, 0.2) is 0 Å². The molecule has 162 valence electrons. The number of hydrogen-bond donors (Lipinski definition) is 1. The first-order valence-corrected chi connectivity index (χ1v) is 11.2. The van der Waals surface area contributed by atoms with Gasteiger partial charge in [0.05, 0.1) is 11.1 Å². The minimum Gasteiger partial charge on any atom is -0.406 e. The number of nitrogens with zero attached hydrogens (tertiary/aromatic N) is 1. The Kier molecular flexibility index (Phi) is 8.03. The maximum absolute atomic E-state index is 13.6. The molecule has 30 heavy (non-hydrogen) atoms. The fourth-order valence-electron chi connectivity index (χ4n) is 3.03. The van der Waals surface area contributed by atoms with E-state index in [1.807, 2.05) is 35.8 Å². The maximum Gasteiger partial charge on any atom is 0.573 e. The lowest BCUT2D eigenvalue weighted by atomic mass is 10.0. The van der Waals surface area contributed by atoms with Gasteiger partial charge in [0.25, 0.3) is 5.91 Å². The number of nitrogens with two attached hydrogens (primary N) is 1. The number of anilines is 1. The van der Waals surface area contributed by atoms with Gasteiger partial charge in [-0.25, -0.2) is 0 Å². The second-order valence-corrected chi connectivity index (χ2v) is 8.58. The van der Waals surface area contributed by atoms with Crippen molar-refractivity contribution < 1.29 is 27.5 Å². The van der Waals surface area contributed by atoms with Gasteiger partial charge < -0.3 is 15.4 Å². The molecule has 0 saturated carbocycles. The first kappa shape index (κ1) is 24.3. The van der Waals surface area contributed by atoms with E-state index in [-0.39, 0.29) is 22.9 Å². The van der Waals surface area contributed by atoms with Crippen molar-refractivity contribution >= 4 is 51.9 Å². The van der Waals surface area contributed by atoms with Crippen LogP contribution in [-0.2, 0) is 0 Å². The summed E-state index contributed by atoms with van der Waals surface area (Å²) in [7, 11) is 0. The molecule has 2 aromatic carbocycles. The number of rotatable bonds is 7. The van der Waals surface area contributed by atoms with E-state index in [1.54, 1.807) is 19.1 Å². The van der Waals surface area contributed by atoms with Crippen LogP contribution in [0.1, 0.15) is 33.2 Å². The van der Waals surface area contributed by atoms with E-state index in [0.717, 1.165) is 6.07 Å². The van der Waals surface area contributed by atoms with Crippen molar-refractivity contribution in [2.75, 3.05) is 16.9 Å². The summed E-state index contributed by atoms with van der Waals surface area (Å²) in [5.74, 6) is -0.995. The van der Waals surface area contributed by atoms with E-state index in [4.69, 9.17) is 5.73 Å². The zero-order valence-corrected chi connectivity index (χ0v) is 19.4. The van der Waals surface area contributed by atoms with E-state index < -0.39 is 18.2 Å². The quantitative estimate of drug-likeness (QED) is 0.492. The van der Waals surface area contributed by atoms with Crippen molar-refractivity contribution in [1.29, 1.82) is 0 Å². The summed E-state index contributed by atoms with van der Waals surface area (Å²) in [6.07, 6.45) is -2.93. The Bertz CT molecular complexity index is 953. The van der Waals surface area contributed by atoms with E-state index in [2.05, 4.69) is 4.74 Å². The zero-order chi connectivity index (χ0) is 22.6. The summed E-state index contributed by atoms with van der Waals surface area (Å²) in [6.45, 7) is 3.42. The topological polar surface area (TPSA) is 72.6 Å². The van der Waals surface area contributed by atoms with Crippen molar-refractivity contribution in [2.24, 2.45) is 5.73 Å². The molecular weight excluding hydrogens is 532 g/mol. The van der Waals surface area contributed by atoms with Gasteiger partial charge in [-0.05, 0) is 78.6 Å². The number of ether oxygens (including phenoxy) is 1. The molecule has 0 bridgehead atoms. The molecule has 2 rings (SSSR count). The van der Waals surface area contributed by atoms with Crippen LogP contribution in [0, 0.1) is 10.5 Å². The third-order valence-electron chi connectivity index (χ3n) is 4.22. The van der Waals surface area contributed by atoms with Gasteiger partial charge in [0.1, 0.15) is 5.75 Å². The number of amides is 2. The van der Waals surface area contributed by atoms with E-state index in [9.17, 15) is 22.8 Å². The molecule has 5 nitrogen and oxygen atoms in total. The van der Waals surface area contributed by atoms with Crippen LogP contribution in [0.5, 0.6) is 5.75 Å². The third kappa shape index (κ3) is 5.81. The summed E-state index contributed by atoms with van der Waals surface area (Å²) in [6, 6.07) is 8.27. The van der Waals surface area contributed by atoms with Gasteiger partial charge >= 0.3 is 6.36 Å². The molecule has 0 aliphatic heterocycles. The Balaban J connectivity index is 2.58. The highest BCUT2D eigenvalue weighted by molar-refractivity contribution is 14.1. The fraction of sp³-hybridized carbons (Fsp3) is 0.300. The predicted octanol–water partition coefficient (Wildman–Crippen LogP) is 5.00. The highest BCUT2D eigenvalue weighted by Crippen LogP contribution is 2.32. The number of hydrogen-bond acceptors (Lipinski definition) is 4. The number of benzene rings is 2. The first-order valence-electron chi connectivity index (χ1n) is 8.73. The van der Waals surface area contributed by atoms with Gasteiger partial charge in [-0.15, -0.1) is 13.2 Å². The number of thioether (sulfide) groups is 1. The Hall–Kier alpha value is -1.95. The Morgan fingerprint density at radius 3 is 2.47 bits per heavy atom. The second-order valence-electron chi connectivity index (χ2n) is 6.50. The number of carbonyl (C=O) groups excluding carboxylic acids is 2. The van der Waals surface area contributed by atoms with Crippen molar-refractivity contribution in [3.63, 3.8) is 0 Å². The van der Waals surface area contributed by atoms with Gasteiger partial charge in [-0.1, -0.05) is 6.07 Å². The van der Waals surface area contributed by atoms with Gasteiger partial charge in [0.2, 0.25) is 5.91 Å². The summed E-state index contributed by atoms with van der Waals surface area (Å²) in [4.78, 5) is 26.9. The van der Waals surface area contributed by atoms with Crippen LogP contribution in [0.15, 0.2) is 36.4 Å². The van der Waals surface area contributed by atoms with Crippen LogP contribution in [0.2, 0.25) is 0 Å². The average Bonchev–Trinajstić information content (AvgIpc) is 2.62. The van der Waals surface area contributed by atoms with Crippen molar-refractivity contribution in [3.05, 3.63) is 56.7 Å². The highest BCUT2D eigenvalue weighted by atomic mass is 127. The molecule has 0 unspecified atom stereocenters. The molecule has 0 aliphatic rings. The van der Waals surface area contributed by atoms with Crippen LogP contribution in [-0.4, -0.2) is 36.2 Å². The molecule has 0 aliphatic carbocycles. The molecule has 1 atom stereocenters. The molecule has 2 aromatic rings. The number of alkyl halides is 3. The Morgan fingerprint density at radius 1 is 1.27 bits per heavy atom. The van der Waals surface area contributed by atoms with Crippen molar-refractivity contribution in [3.8, 4) is 5.75 Å². The SMILES string of the molecule is CSC[C@H](C)N(C(=O)c1c(I)cccc1C(N)=O)c1ccc(OC(F)(F)F)cc1C. The summed E-state index contributed by atoms with van der Waals surface area (Å²) in [5.41, 5.74) is 6.55. The van der Waals surface area contributed by atoms with Gasteiger partial charge in [-0.2, -0.15) is 11.8 Å². The van der Waals surface area contributed by atoms with Crippen molar-refractivity contribution in [1.82, 2.24) is 0 Å². The first-order chi connectivity index (χ1) is 14.0. The summed E-state index contributed by atoms with van der Waals surface area (Å²) < 4.78 is 42.1. The van der Waals surface area contributed by atoms with Crippen LogP contribution in [0.3, 0.4) is 0 Å². The monoisotopic (exact) mass is 552 g/mol. The maximum atomic E-state index is 13.6. The minimum atomic E-state index is -4.81. The Labute approximate surface area is 190 Å². The molecule has 0 saturated heterocycles. The summed E-state index contributed by atoms with van der Waals surface area (Å²) >= 11 is 3.47. The minimum absolute atomic E-state index is 0.0860. The average molecular weight is 552 g/mol. The van der Waals surface area contributed by atoms with Crippen molar-refractivity contribution in [2.45, 2.75) is 26.3 Å². The second kappa shape index (κ2) is 9.90. The van der Waals surface area contributed by atoms with E-state index in [1.165, 1.54) is 34.9 Å². The predicted molar refractivity (Wildman–Crippen MR) is 120 cm³/mol. The number of primary amides is 1. The molecule has 10 heteroatoms. The molecule has 2 amide bonds. The van der Waals surface area contributed by atoms with Crippen LogP contribution >= 0.6 is 34.4 Å². The normalized spacial score (nSPS) is 12.4. The third-order valence-corrected chi connectivity index (χ3v) is 5.94. The molecule has 0 aromatic heterocycles. The molecule has 0 heterocycles. The van der Waals surface area contributed by atoms with Crippen LogP contribution in [0.4, 0.5) is 18.9 Å². The lowest BCUT2D eigenvalue weighted by Gasteiger charge is -2.31. The molecule has 0 spiro atoms. The molecule has 0 radical (unpaired) electrons. The lowest BCUT2D eigenvalue weighted by Crippen LogP contribution is -2.42. The fourth-order valence-corrected chi connectivity index (χ4v) is 4.39. The molecule has 0 fully saturated rings. The number of carbonyl (C=O) groups is 2. The van der Waals surface area contributed by atoms with Crippen LogP contribution in [0.25, 0.3) is 0 Å². The zero-order valence-electron chi connectivity index (χ0n) is 16.4. The van der Waals surface area contributed by atoms with Gasteiger partial charge in [-0.3, -0.25) is 9.59 Å². The molecule has 2 N–H and O–H groups in total. The number of aryl methyl sites for hydroxylation is 1. The van der Waals surface area contributed by atoms with E-state index in [0.29, 0.717) is 20.6 Å². The Morgan fingerprint density at radius 2 is 1.93 bits per heavy atom. The number of halogens is 4.